The van der Waals surface area contributed by atoms with Gasteiger partial charge in [0.1, 0.15) is 5.69 Å². The van der Waals surface area contributed by atoms with Gasteiger partial charge in [-0.2, -0.15) is 0 Å². The zero-order chi connectivity index (χ0) is 19.3. The molecule has 3 N–H and O–H groups in total. The number of carbonyl (C=O) groups excluding carboxylic acids is 1. The number of nitrogens with one attached hydrogen (secondary N) is 1. The van der Waals surface area contributed by atoms with E-state index in [0.717, 1.165) is 4.90 Å². The van der Waals surface area contributed by atoms with Crippen LogP contribution in [-0.2, 0) is 0 Å². The second kappa shape index (κ2) is 8.18. The molecule has 10 nitrogen and oxygen atoms in total. The van der Waals surface area contributed by atoms with Gasteiger partial charge in [0.25, 0.3) is 0 Å². The number of guanidine groups is 1. The lowest BCUT2D eigenvalue weighted by atomic mass is 10.2. The summed E-state index contributed by atoms with van der Waals surface area (Å²) in [6.07, 6.45) is 0. The quantitative estimate of drug-likeness (QED) is 0.579. The summed E-state index contributed by atoms with van der Waals surface area (Å²) < 4.78 is 26.9. The fourth-order valence-corrected chi connectivity index (χ4v) is 2.29. The van der Waals surface area contributed by atoms with E-state index in [2.05, 4.69) is 0 Å². The molecule has 10 heteroatoms. The molecule has 0 aliphatic rings. The van der Waals surface area contributed by atoms with Crippen LogP contribution in [0.25, 0.3) is 0 Å². The highest BCUT2D eigenvalue weighted by molar-refractivity contribution is 6.04. The standard InChI is InChI=1S/C15H24N4O6/c1-18(15(20)19(2)14(16)17)8-9(21-3)11(23-5)13(25-7)12(24-6)10(8)22-4/h1-7H3,(H3,16,17). The van der Waals surface area contributed by atoms with Gasteiger partial charge >= 0.3 is 6.03 Å². The maximum absolute atomic E-state index is 12.6. The Bertz CT molecular complexity index is 631. The number of nitrogens with two attached hydrogens (primary N) is 1. The summed E-state index contributed by atoms with van der Waals surface area (Å²) in [5.74, 6) is 0.686. The number of rotatable bonds is 6. The highest BCUT2D eigenvalue weighted by atomic mass is 16.6. The first kappa shape index (κ1) is 20.0. The molecule has 1 rings (SSSR count). The van der Waals surface area contributed by atoms with Crippen LogP contribution in [-0.4, -0.2) is 66.5 Å². The van der Waals surface area contributed by atoms with Gasteiger partial charge in [-0.05, 0) is 0 Å². The lowest BCUT2D eigenvalue weighted by molar-refractivity contribution is 0.232. The summed E-state index contributed by atoms with van der Waals surface area (Å²) in [4.78, 5) is 14.8. The van der Waals surface area contributed by atoms with Crippen LogP contribution in [0.4, 0.5) is 10.5 Å². The molecule has 1 aromatic carbocycles. The first-order valence-corrected chi connectivity index (χ1v) is 7.09. The molecule has 0 radical (unpaired) electrons. The summed E-state index contributed by atoms with van der Waals surface area (Å²) in [6, 6.07) is -0.585. The summed E-state index contributed by atoms with van der Waals surface area (Å²) in [6.45, 7) is 0. The van der Waals surface area contributed by atoms with Gasteiger partial charge in [-0.25, -0.2) is 4.79 Å². The summed E-state index contributed by atoms with van der Waals surface area (Å²) in [5, 5.41) is 7.43. The lowest BCUT2D eigenvalue weighted by Gasteiger charge is -2.28. The molecule has 0 saturated heterocycles. The van der Waals surface area contributed by atoms with Gasteiger partial charge in [0.05, 0.1) is 35.5 Å². The van der Waals surface area contributed by atoms with Crippen LogP contribution in [0.15, 0.2) is 0 Å². The van der Waals surface area contributed by atoms with Gasteiger partial charge in [-0.15, -0.1) is 0 Å². The van der Waals surface area contributed by atoms with Gasteiger partial charge < -0.3 is 29.4 Å². The Labute approximate surface area is 146 Å². The van der Waals surface area contributed by atoms with Crippen LogP contribution < -0.4 is 34.3 Å². The number of amides is 2. The Morgan fingerprint density at radius 2 is 1.12 bits per heavy atom. The van der Waals surface area contributed by atoms with E-state index in [9.17, 15) is 4.79 Å². The monoisotopic (exact) mass is 356 g/mol. The van der Waals surface area contributed by atoms with Gasteiger partial charge in [0, 0.05) is 14.1 Å². The molecule has 0 unspecified atom stereocenters. The van der Waals surface area contributed by atoms with E-state index in [4.69, 9.17) is 34.8 Å². The fourth-order valence-electron chi connectivity index (χ4n) is 2.29. The minimum absolute atomic E-state index is 0.199. The number of anilines is 1. The average molecular weight is 356 g/mol. The highest BCUT2D eigenvalue weighted by Crippen LogP contribution is 2.57. The van der Waals surface area contributed by atoms with Crippen molar-refractivity contribution in [2.24, 2.45) is 5.73 Å². The Balaban J connectivity index is 3.78. The van der Waals surface area contributed by atoms with E-state index >= 15 is 0 Å². The first-order chi connectivity index (χ1) is 11.8. The molecule has 2 amide bonds. The lowest BCUT2D eigenvalue weighted by Crippen LogP contribution is -2.45. The molecule has 25 heavy (non-hydrogen) atoms. The van der Waals surface area contributed by atoms with E-state index in [1.54, 1.807) is 0 Å². The molecule has 0 aromatic heterocycles. The van der Waals surface area contributed by atoms with Crippen molar-refractivity contribution >= 4 is 17.7 Å². The number of hydrogen-bond donors (Lipinski definition) is 2. The van der Waals surface area contributed by atoms with Crippen molar-refractivity contribution in [3.8, 4) is 28.7 Å². The van der Waals surface area contributed by atoms with Gasteiger partial charge in [-0.3, -0.25) is 15.2 Å². The topological polar surface area (TPSA) is 120 Å². The van der Waals surface area contributed by atoms with Crippen LogP contribution in [0.1, 0.15) is 0 Å². The Kier molecular flexibility index (Phi) is 6.54. The van der Waals surface area contributed by atoms with Gasteiger partial charge in [0.2, 0.25) is 17.2 Å². The molecular formula is C15H24N4O6. The fraction of sp³-hybridized carbons (Fsp3) is 0.467. The van der Waals surface area contributed by atoms with Crippen molar-refractivity contribution in [3.63, 3.8) is 0 Å². The van der Waals surface area contributed by atoms with Crippen molar-refractivity contribution in [1.82, 2.24) is 4.90 Å². The van der Waals surface area contributed by atoms with E-state index in [1.807, 2.05) is 0 Å². The molecule has 140 valence electrons. The van der Waals surface area contributed by atoms with E-state index in [-0.39, 0.29) is 34.4 Å². The van der Waals surface area contributed by atoms with Crippen LogP contribution in [0.2, 0.25) is 0 Å². The predicted molar refractivity (Wildman–Crippen MR) is 92.7 cm³/mol. The van der Waals surface area contributed by atoms with Crippen molar-refractivity contribution in [3.05, 3.63) is 0 Å². The molecule has 0 fully saturated rings. The molecule has 0 atom stereocenters. The van der Waals surface area contributed by atoms with Crippen molar-refractivity contribution in [2.75, 3.05) is 54.5 Å². The maximum Gasteiger partial charge on any atom is 0.330 e. The van der Waals surface area contributed by atoms with Crippen molar-refractivity contribution in [2.45, 2.75) is 0 Å². The third-order valence-electron chi connectivity index (χ3n) is 3.55. The second-order valence-electron chi connectivity index (χ2n) is 4.80. The molecule has 0 aliphatic heterocycles. The molecule has 0 spiro atoms. The van der Waals surface area contributed by atoms with E-state index in [1.165, 1.54) is 54.5 Å². The minimum atomic E-state index is -0.585. The minimum Gasteiger partial charge on any atom is -0.491 e. The Hall–Kier alpha value is -3.04. The third kappa shape index (κ3) is 3.42. The number of methoxy groups -OCH3 is 5. The number of nitrogens with zero attached hydrogens (tertiary/aromatic N) is 2. The van der Waals surface area contributed by atoms with Crippen LogP contribution in [0.5, 0.6) is 28.7 Å². The zero-order valence-corrected chi connectivity index (χ0v) is 15.4. The smallest absolute Gasteiger partial charge is 0.330 e. The number of ether oxygens (including phenoxy) is 5. The molecule has 0 heterocycles. The molecule has 0 bridgehead atoms. The SMILES string of the molecule is COc1c(OC)c(OC)c(N(C)C(=O)N(C)C(=N)N)c(OC)c1OC. The van der Waals surface area contributed by atoms with E-state index in [0.29, 0.717) is 0 Å². The van der Waals surface area contributed by atoms with E-state index < -0.39 is 12.0 Å². The normalized spacial score (nSPS) is 9.88. The molecule has 0 aliphatic carbocycles. The molecule has 0 saturated carbocycles. The van der Waals surface area contributed by atoms with Crippen molar-refractivity contribution < 1.29 is 28.5 Å². The number of benzene rings is 1. The third-order valence-corrected chi connectivity index (χ3v) is 3.55. The summed E-state index contributed by atoms with van der Waals surface area (Å²) in [7, 11) is 9.99. The molecular weight excluding hydrogens is 332 g/mol. The van der Waals surface area contributed by atoms with Crippen molar-refractivity contribution in [1.29, 1.82) is 5.41 Å². The van der Waals surface area contributed by atoms with Gasteiger partial charge in [-0.1, -0.05) is 0 Å². The van der Waals surface area contributed by atoms with Crippen LogP contribution in [0.3, 0.4) is 0 Å². The average Bonchev–Trinajstić information content (AvgIpc) is 2.62. The maximum atomic E-state index is 12.6. The zero-order valence-electron chi connectivity index (χ0n) is 15.4. The number of urea groups is 1. The van der Waals surface area contributed by atoms with Crippen LogP contribution in [0, 0.1) is 5.41 Å². The second-order valence-corrected chi connectivity index (χ2v) is 4.80. The van der Waals surface area contributed by atoms with Crippen LogP contribution >= 0.6 is 0 Å². The predicted octanol–water partition coefficient (Wildman–Crippen LogP) is 1.11. The summed E-state index contributed by atoms with van der Waals surface area (Å²) >= 11 is 0. The number of carbonyl (C=O) groups is 1. The first-order valence-electron chi connectivity index (χ1n) is 7.09. The number of hydrogen-bond acceptors (Lipinski definition) is 7. The summed E-state index contributed by atoms with van der Waals surface area (Å²) in [5.41, 5.74) is 5.62. The highest BCUT2D eigenvalue weighted by Gasteiger charge is 2.33. The largest absolute Gasteiger partial charge is 0.491 e. The Morgan fingerprint density at radius 1 is 0.800 bits per heavy atom. The van der Waals surface area contributed by atoms with Gasteiger partial charge in [0.15, 0.2) is 17.5 Å². The molecule has 1 aromatic rings. The Morgan fingerprint density at radius 3 is 1.40 bits per heavy atom.